The highest BCUT2D eigenvalue weighted by Crippen LogP contribution is 2.21. The Kier molecular flexibility index (Phi) is 4.76. The highest BCUT2D eigenvalue weighted by atomic mass is 79.9. The zero-order valence-corrected chi connectivity index (χ0v) is 14.3. The number of hydrogen-bond acceptors (Lipinski definition) is 3. The van der Waals surface area contributed by atoms with Gasteiger partial charge in [-0.3, -0.25) is 4.79 Å². The molecule has 0 saturated carbocycles. The van der Waals surface area contributed by atoms with Crippen molar-refractivity contribution in [1.82, 2.24) is 10.5 Å². The summed E-state index contributed by atoms with van der Waals surface area (Å²) in [6.45, 7) is 2.05. The molecule has 2 aromatic carbocycles. The van der Waals surface area contributed by atoms with E-state index in [1.165, 1.54) is 0 Å². The molecule has 1 aromatic heterocycles. The van der Waals surface area contributed by atoms with Crippen molar-refractivity contribution < 1.29 is 9.32 Å². The first-order valence-electron chi connectivity index (χ1n) is 7.55. The molecule has 0 fully saturated rings. The largest absolute Gasteiger partial charge is 0.356 e. The van der Waals surface area contributed by atoms with Gasteiger partial charge in [-0.1, -0.05) is 52.3 Å². The summed E-state index contributed by atoms with van der Waals surface area (Å²) in [7, 11) is 0. The van der Waals surface area contributed by atoms with Crippen molar-refractivity contribution in [3.8, 4) is 0 Å². The second-order valence-corrected chi connectivity index (χ2v) is 6.30. The van der Waals surface area contributed by atoms with E-state index < -0.39 is 0 Å². The van der Waals surface area contributed by atoms with Crippen LogP contribution in [0, 0.1) is 0 Å². The SMILES string of the molecule is CCC(NC(=O)Cc1noc2ccccc12)c1ccc(Br)cc1. The Hall–Kier alpha value is -2.14. The van der Waals surface area contributed by atoms with Crippen LogP contribution in [-0.2, 0) is 11.2 Å². The minimum absolute atomic E-state index is 0.00577. The van der Waals surface area contributed by atoms with Crippen LogP contribution in [0.25, 0.3) is 11.0 Å². The first-order chi connectivity index (χ1) is 11.2. The van der Waals surface area contributed by atoms with Crippen molar-refractivity contribution in [2.75, 3.05) is 0 Å². The molecule has 0 saturated heterocycles. The summed E-state index contributed by atoms with van der Waals surface area (Å²) in [5, 5.41) is 7.97. The van der Waals surface area contributed by atoms with Crippen molar-refractivity contribution in [2.24, 2.45) is 0 Å². The lowest BCUT2D eigenvalue weighted by atomic mass is 10.0. The smallest absolute Gasteiger partial charge is 0.226 e. The molecule has 1 N–H and O–H groups in total. The van der Waals surface area contributed by atoms with Gasteiger partial charge in [0.15, 0.2) is 5.58 Å². The fraction of sp³-hybridized carbons (Fsp3) is 0.222. The number of benzene rings is 2. The van der Waals surface area contributed by atoms with E-state index in [-0.39, 0.29) is 18.4 Å². The van der Waals surface area contributed by atoms with E-state index in [1.54, 1.807) is 0 Å². The van der Waals surface area contributed by atoms with Crippen LogP contribution in [0.2, 0.25) is 0 Å². The molecular weight excluding hydrogens is 356 g/mol. The Labute approximate surface area is 143 Å². The van der Waals surface area contributed by atoms with Crippen molar-refractivity contribution in [2.45, 2.75) is 25.8 Å². The summed E-state index contributed by atoms with van der Waals surface area (Å²) in [6.07, 6.45) is 1.04. The van der Waals surface area contributed by atoms with Crippen LogP contribution in [0.1, 0.15) is 30.6 Å². The molecule has 1 unspecified atom stereocenters. The predicted octanol–water partition coefficient (Wildman–Crippen LogP) is 4.40. The van der Waals surface area contributed by atoms with Gasteiger partial charge in [0.25, 0.3) is 0 Å². The molecule has 23 heavy (non-hydrogen) atoms. The third-order valence-corrected chi connectivity index (χ3v) is 4.32. The molecule has 1 atom stereocenters. The van der Waals surface area contributed by atoms with Crippen LogP contribution < -0.4 is 5.32 Å². The lowest BCUT2D eigenvalue weighted by Gasteiger charge is -2.17. The summed E-state index contributed by atoms with van der Waals surface area (Å²) in [6, 6.07) is 15.6. The van der Waals surface area contributed by atoms with Gasteiger partial charge in [0.2, 0.25) is 5.91 Å². The van der Waals surface area contributed by atoms with Crippen LogP contribution in [-0.4, -0.2) is 11.1 Å². The van der Waals surface area contributed by atoms with Gasteiger partial charge in [0.05, 0.1) is 12.5 Å². The number of hydrogen-bond donors (Lipinski definition) is 1. The second-order valence-electron chi connectivity index (χ2n) is 5.38. The van der Waals surface area contributed by atoms with Gasteiger partial charge in [0, 0.05) is 9.86 Å². The van der Waals surface area contributed by atoms with Crippen molar-refractivity contribution in [3.05, 3.63) is 64.3 Å². The molecular formula is C18H17BrN2O2. The molecule has 0 aliphatic rings. The number of para-hydroxylation sites is 1. The first-order valence-corrected chi connectivity index (χ1v) is 8.34. The number of aromatic nitrogens is 1. The van der Waals surface area contributed by atoms with Crippen LogP contribution >= 0.6 is 15.9 Å². The Balaban J connectivity index is 1.71. The minimum atomic E-state index is -0.0566. The molecule has 0 bridgehead atoms. The normalized spacial score (nSPS) is 12.3. The van der Waals surface area contributed by atoms with Crippen LogP contribution in [0.3, 0.4) is 0 Å². The molecule has 0 spiro atoms. The molecule has 0 aliphatic heterocycles. The number of carbonyl (C=O) groups is 1. The maximum absolute atomic E-state index is 12.4. The molecule has 118 valence electrons. The van der Waals surface area contributed by atoms with E-state index in [4.69, 9.17) is 4.52 Å². The van der Waals surface area contributed by atoms with Gasteiger partial charge in [0.1, 0.15) is 5.69 Å². The Bertz CT molecular complexity index is 811. The lowest BCUT2D eigenvalue weighted by molar-refractivity contribution is -0.121. The third-order valence-electron chi connectivity index (χ3n) is 3.80. The Morgan fingerprint density at radius 2 is 1.96 bits per heavy atom. The van der Waals surface area contributed by atoms with E-state index in [0.717, 1.165) is 21.8 Å². The van der Waals surface area contributed by atoms with Crippen LogP contribution in [0.15, 0.2) is 57.5 Å². The monoisotopic (exact) mass is 372 g/mol. The molecule has 3 aromatic rings. The maximum atomic E-state index is 12.4. The van der Waals surface area contributed by atoms with Gasteiger partial charge in [-0.2, -0.15) is 0 Å². The van der Waals surface area contributed by atoms with Crippen molar-refractivity contribution in [3.63, 3.8) is 0 Å². The second kappa shape index (κ2) is 6.96. The summed E-state index contributed by atoms with van der Waals surface area (Å²) in [4.78, 5) is 12.4. The molecule has 0 aliphatic carbocycles. The predicted molar refractivity (Wildman–Crippen MR) is 93.0 cm³/mol. The number of fused-ring (bicyclic) bond motifs is 1. The summed E-state index contributed by atoms with van der Waals surface area (Å²) < 4.78 is 6.27. The topological polar surface area (TPSA) is 55.1 Å². The Morgan fingerprint density at radius 3 is 2.70 bits per heavy atom. The Morgan fingerprint density at radius 1 is 1.22 bits per heavy atom. The summed E-state index contributed by atoms with van der Waals surface area (Å²) in [5.41, 5.74) is 2.47. The van der Waals surface area contributed by atoms with Gasteiger partial charge in [-0.15, -0.1) is 0 Å². The van der Waals surface area contributed by atoms with Crippen LogP contribution in [0.5, 0.6) is 0 Å². The van der Waals surface area contributed by atoms with Gasteiger partial charge in [-0.25, -0.2) is 0 Å². The van der Waals surface area contributed by atoms with E-state index in [2.05, 4.69) is 33.3 Å². The molecule has 5 heteroatoms. The quantitative estimate of drug-likeness (QED) is 0.721. The molecule has 1 amide bonds. The average Bonchev–Trinajstić information content (AvgIpc) is 2.97. The fourth-order valence-electron chi connectivity index (χ4n) is 2.58. The fourth-order valence-corrected chi connectivity index (χ4v) is 2.84. The highest BCUT2D eigenvalue weighted by Gasteiger charge is 2.16. The van der Waals surface area contributed by atoms with E-state index in [0.29, 0.717) is 11.3 Å². The molecule has 4 nitrogen and oxygen atoms in total. The van der Waals surface area contributed by atoms with Gasteiger partial charge in [-0.05, 0) is 36.2 Å². The van der Waals surface area contributed by atoms with Gasteiger partial charge < -0.3 is 9.84 Å². The number of nitrogens with zero attached hydrogens (tertiary/aromatic N) is 1. The van der Waals surface area contributed by atoms with Crippen molar-refractivity contribution >= 4 is 32.8 Å². The van der Waals surface area contributed by atoms with Crippen LogP contribution in [0.4, 0.5) is 0 Å². The number of halogens is 1. The highest BCUT2D eigenvalue weighted by molar-refractivity contribution is 9.10. The summed E-state index contributed by atoms with van der Waals surface area (Å²) in [5.74, 6) is -0.0566. The van der Waals surface area contributed by atoms with Crippen molar-refractivity contribution in [1.29, 1.82) is 0 Å². The summed E-state index contributed by atoms with van der Waals surface area (Å²) >= 11 is 3.42. The maximum Gasteiger partial charge on any atom is 0.226 e. The van der Waals surface area contributed by atoms with Gasteiger partial charge >= 0.3 is 0 Å². The molecule has 3 rings (SSSR count). The zero-order valence-electron chi connectivity index (χ0n) is 12.8. The molecule has 0 radical (unpaired) electrons. The van der Waals surface area contributed by atoms with E-state index >= 15 is 0 Å². The first kappa shape index (κ1) is 15.7. The average molecular weight is 373 g/mol. The zero-order chi connectivity index (χ0) is 16.2. The minimum Gasteiger partial charge on any atom is -0.356 e. The number of carbonyl (C=O) groups excluding carboxylic acids is 1. The van der Waals surface area contributed by atoms with E-state index in [1.807, 2.05) is 48.5 Å². The van der Waals surface area contributed by atoms with E-state index in [9.17, 15) is 4.79 Å². The number of rotatable bonds is 5. The number of amides is 1. The number of nitrogens with one attached hydrogen (secondary N) is 1. The lowest BCUT2D eigenvalue weighted by Crippen LogP contribution is -2.29. The standard InChI is InChI=1S/C18H17BrN2O2/c1-2-15(12-7-9-13(19)10-8-12)20-18(22)11-16-14-5-3-4-6-17(14)23-21-16/h3-10,15H,2,11H2,1H3,(H,20,22). The molecule has 1 heterocycles. The third kappa shape index (κ3) is 3.62.